The van der Waals surface area contributed by atoms with Gasteiger partial charge < -0.3 is 19.9 Å². The normalized spacial score (nSPS) is 19.0. The van der Waals surface area contributed by atoms with Crippen LogP contribution in [0.2, 0.25) is 0 Å². The quantitative estimate of drug-likeness (QED) is 0.768. The molecule has 0 spiro atoms. The van der Waals surface area contributed by atoms with Gasteiger partial charge in [0.15, 0.2) is 0 Å². The number of pyridine rings is 1. The highest BCUT2D eigenvalue weighted by atomic mass is 16.6. The van der Waals surface area contributed by atoms with Crippen LogP contribution in [-0.2, 0) is 17.7 Å². The van der Waals surface area contributed by atoms with E-state index in [0.29, 0.717) is 26.2 Å². The van der Waals surface area contributed by atoms with E-state index in [1.807, 2.05) is 37.8 Å². The summed E-state index contributed by atoms with van der Waals surface area (Å²) in [6.07, 6.45) is 5.57. The minimum absolute atomic E-state index is 0.0841. The number of H-pyrrole nitrogens is 1. The van der Waals surface area contributed by atoms with Gasteiger partial charge >= 0.3 is 12.1 Å². The van der Waals surface area contributed by atoms with Gasteiger partial charge in [0, 0.05) is 61.3 Å². The molecule has 1 saturated heterocycles. The van der Waals surface area contributed by atoms with E-state index in [1.165, 1.54) is 0 Å². The largest absolute Gasteiger partial charge is 0.444 e. The lowest BCUT2D eigenvalue weighted by atomic mass is 10.0. The molecule has 1 atom stereocenters. The standard InChI is InChI=1S/C22H30N6O3/c1-22(2,3)31-21(30)28-11-4-5-16(13-28)24-20(29)27-12-8-18-17(14-27)19(26-25-18)15-6-9-23-10-7-15/h6-7,9-10,16H,4-5,8,11-14H2,1-3H3,(H,24,29)(H,25,26). The first-order chi connectivity index (χ1) is 14.8. The summed E-state index contributed by atoms with van der Waals surface area (Å²) in [5.41, 5.74) is 3.44. The van der Waals surface area contributed by atoms with E-state index < -0.39 is 5.60 Å². The number of aromatic nitrogens is 3. The van der Waals surface area contributed by atoms with Gasteiger partial charge in [0.25, 0.3) is 0 Å². The molecule has 0 saturated carbocycles. The summed E-state index contributed by atoms with van der Waals surface area (Å²) in [5.74, 6) is 0. The second-order valence-corrected chi connectivity index (χ2v) is 9.15. The zero-order valence-electron chi connectivity index (χ0n) is 18.4. The maximum absolute atomic E-state index is 13.0. The third-order valence-electron chi connectivity index (χ3n) is 5.58. The van der Waals surface area contributed by atoms with Crippen LogP contribution in [0, 0.1) is 0 Å². The third kappa shape index (κ3) is 4.98. The Morgan fingerprint density at radius 2 is 1.97 bits per heavy atom. The maximum atomic E-state index is 13.0. The van der Waals surface area contributed by atoms with Crippen molar-refractivity contribution < 1.29 is 14.3 Å². The highest BCUT2D eigenvalue weighted by Crippen LogP contribution is 2.28. The second-order valence-electron chi connectivity index (χ2n) is 9.15. The first-order valence-electron chi connectivity index (χ1n) is 10.8. The van der Waals surface area contributed by atoms with Gasteiger partial charge in [0.05, 0.1) is 12.2 Å². The van der Waals surface area contributed by atoms with Crippen LogP contribution in [0.4, 0.5) is 9.59 Å². The van der Waals surface area contributed by atoms with Crippen LogP contribution in [-0.4, -0.2) is 68.4 Å². The molecular formula is C22H30N6O3. The van der Waals surface area contributed by atoms with E-state index in [9.17, 15) is 9.59 Å². The number of nitrogens with one attached hydrogen (secondary N) is 2. The van der Waals surface area contributed by atoms with Gasteiger partial charge in [-0.1, -0.05) is 0 Å². The van der Waals surface area contributed by atoms with Gasteiger partial charge in [-0.05, 0) is 45.7 Å². The van der Waals surface area contributed by atoms with Crippen molar-refractivity contribution in [3.05, 3.63) is 35.8 Å². The fraction of sp³-hybridized carbons (Fsp3) is 0.545. The molecule has 9 heteroatoms. The number of amides is 3. The topological polar surface area (TPSA) is 103 Å². The van der Waals surface area contributed by atoms with Crippen LogP contribution in [0.3, 0.4) is 0 Å². The Morgan fingerprint density at radius 1 is 1.19 bits per heavy atom. The molecule has 1 fully saturated rings. The summed E-state index contributed by atoms with van der Waals surface area (Å²) >= 11 is 0. The number of carbonyl (C=O) groups is 2. The number of rotatable bonds is 2. The van der Waals surface area contributed by atoms with Crippen molar-refractivity contribution in [3.63, 3.8) is 0 Å². The lowest BCUT2D eigenvalue weighted by molar-refractivity contribution is 0.0188. The van der Waals surface area contributed by atoms with Gasteiger partial charge in [0.1, 0.15) is 5.60 Å². The number of urea groups is 1. The molecule has 2 aliphatic rings. The minimum atomic E-state index is -0.532. The van der Waals surface area contributed by atoms with Crippen molar-refractivity contribution in [2.45, 2.75) is 58.2 Å². The van der Waals surface area contributed by atoms with E-state index in [2.05, 4.69) is 20.5 Å². The summed E-state index contributed by atoms with van der Waals surface area (Å²) < 4.78 is 5.48. The molecule has 2 aromatic heterocycles. The summed E-state index contributed by atoms with van der Waals surface area (Å²) in [6.45, 7) is 7.81. The molecule has 4 rings (SSSR count). The van der Waals surface area contributed by atoms with E-state index in [0.717, 1.165) is 41.8 Å². The Bertz CT molecular complexity index is 936. The van der Waals surface area contributed by atoms with E-state index in [-0.39, 0.29) is 18.2 Å². The first-order valence-corrected chi connectivity index (χ1v) is 10.8. The van der Waals surface area contributed by atoms with Crippen molar-refractivity contribution in [1.29, 1.82) is 0 Å². The lowest BCUT2D eigenvalue weighted by Crippen LogP contribution is -2.53. The van der Waals surface area contributed by atoms with Gasteiger partial charge in [-0.3, -0.25) is 10.1 Å². The smallest absolute Gasteiger partial charge is 0.410 e. The number of piperidine rings is 1. The fourth-order valence-electron chi connectivity index (χ4n) is 4.07. The average molecular weight is 427 g/mol. The zero-order chi connectivity index (χ0) is 22.0. The Kier molecular flexibility index (Phi) is 5.84. The molecule has 0 aromatic carbocycles. The number of ether oxygens (including phenoxy) is 1. The number of carbonyl (C=O) groups excluding carboxylic acids is 2. The molecule has 0 bridgehead atoms. The molecule has 9 nitrogen and oxygen atoms in total. The second kappa shape index (κ2) is 8.56. The minimum Gasteiger partial charge on any atom is -0.444 e. The van der Waals surface area contributed by atoms with E-state index >= 15 is 0 Å². The predicted molar refractivity (Wildman–Crippen MR) is 115 cm³/mol. The maximum Gasteiger partial charge on any atom is 0.410 e. The Hall–Kier alpha value is -3.10. The number of hydrogen-bond donors (Lipinski definition) is 2. The first kappa shape index (κ1) is 21.1. The molecule has 0 radical (unpaired) electrons. The van der Waals surface area contributed by atoms with E-state index in [1.54, 1.807) is 17.3 Å². The number of hydrogen-bond acceptors (Lipinski definition) is 5. The number of likely N-dealkylation sites (tertiary alicyclic amines) is 1. The molecule has 2 N–H and O–H groups in total. The highest BCUT2D eigenvalue weighted by molar-refractivity contribution is 5.76. The van der Waals surface area contributed by atoms with Crippen LogP contribution in [0.1, 0.15) is 44.9 Å². The van der Waals surface area contributed by atoms with Crippen LogP contribution in [0.5, 0.6) is 0 Å². The number of fused-ring (bicyclic) bond motifs is 1. The molecule has 166 valence electrons. The Morgan fingerprint density at radius 3 is 2.71 bits per heavy atom. The Balaban J connectivity index is 1.38. The van der Waals surface area contributed by atoms with Crippen LogP contribution in [0.25, 0.3) is 11.3 Å². The molecular weight excluding hydrogens is 396 g/mol. The van der Waals surface area contributed by atoms with Crippen molar-refractivity contribution in [1.82, 2.24) is 30.3 Å². The Labute approximate surface area is 182 Å². The molecule has 2 aliphatic heterocycles. The lowest BCUT2D eigenvalue weighted by Gasteiger charge is -2.36. The van der Waals surface area contributed by atoms with E-state index in [4.69, 9.17) is 4.74 Å². The van der Waals surface area contributed by atoms with Crippen LogP contribution >= 0.6 is 0 Å². The summed E-state index contributed by atoms with van der Waals surface area (Å²) in [5, 5.41) is 10.7. The molecule has 4 heterocycles. The van der Waals surface area contributed by atoms with Gasteiger partial charge in [-0.25, -0.2) is 9.59 Å². The van der Waals surface area contributed by atoms with Crippen molar-refractivity contribution in [2.24, 2.45) is 0 Å². The summed E-state index contributed by atoms with van der Waals surface area (Å²) in [4.78, 5) is 32.9. The molecule has 1 unspecified atom stereocenters. The summed E-state index contributed by atoms with van der Waals surface area (Å²) in [6, 6.07) is 3.65. The summed E-state index contributed by atoms with van der Waals surface area (Å²) in [7, 11) is 0. The van der Waals surface area contributed by atoms with Crippen LogP contribution in [0.15, 0.2) is 24.5 Å². The molecule has 2 aromatic rings. The van der Waals surface area contributed by atoms with Gasteiger partial charge in [-0.15, -0.1) is 0 Å². The van der Waals surface area contributed by atoms with Crippen molar-refractivity contribution in [3.8, 4) is 11.3 Å². The predicted octanol–water partition coefficient (Wildman–Crippen LogP) is 2.94. The zero-order valence-corrected chi connectivity index (χ0v) is 18.4. The SMILES string of the molecule is CC(C)(C)OC(=O)N1CCCC(NC(=O)N2CCc3[nH]nc(-c4ccncc4)c3C2)C1. The van der Waals surface area contributed by atoms with Gasteiger partial charge in [-0.2, -0.15) is 5.10 Å². The molecule has 3 amide bonds. The van der Waals surface area contributed by atoms with Crippen molar-refractivity contribution in [2.75, 3.05) is 19.6 Å². The number of nitrogens with zero attached hydrogens (tertiary/aromatic N) is 4. The molecule has 31 heavy (non-hydrogen) atoms. The van der Waals surface area contributed by atoms with Gasteiger partial charge in [0.2, 0.25) is 0 Å². The highest BCUT2D eigenvalue weighted by Gasteiger charge is 2.31. The van der Waals surface area contributed by atoms with Crippen LogP contribution < -0.4 is 5.32 Å². The number of aromatic amines is 1. The average Bonchev–Trinajstić information content (AvgIpc) is 3.16. The third-order valence-corrected chi connectivity index (χ3v) is 5.58. The molecule has 0 aliphatic carbocycles. The van der Waals surface area contributed by atoms with Crippen molar-refractivity contribution >= 4 is 12.1 Å². The fourth-order valence-corrected chi connectivity index (χ4v) is 4.07. The monoisotopic (exact) mass is 426 g/mol.